The lowest BCUT2D eigenvalue weighted by Crippen LogP contribution is -2.03. The molecule has 2 aromatic heterocycles. The van der Waals surface area contributed by atoms with E-state index in [0.717, 1.165) is 17.5 Å². The molecule has 0 aliphatic heterocycles. The number of aromatic nitrogens is 2. The highest BCUT2D eigenvalue weighted by molar-refractivity contribution is 7.98. The van der Waals surface area contributed by atoms with Crippen molar-refractivity contribution < 1.29 is 4.74 Å². The smallest absolute Gasteiger partial charge is 0.219 e. The molecule has 0 saturated heterocycles. The van der Waals surface area contributed by atoms with Crippen molar-refractivity contribution >= 4 is 28.9 Å². The van der Waals surface area contributed by atoms with E-state index >= 15 is 0 Å². The fourth-order valence-electron chi connectivity index (χ4n) is 1.38. The van der Waals surface area contributed by atoms with E-state index in [9.17, 15) is 0 Å². The van der Waals surface area contributed by atoms with Crippen molar-refractivity contribution in [1.29, 1.82) is 0 Å². The molecule has 0 atom stereocenters. The lowest BCUT2D eigenvalue weighted by molar-refractivity contribution is 0.294. The summed E-state index contributed by atoms with van der Waals surface area (Å²) >= 11 is 3.18. The third-order valence-electron chi connectivity index (χ3n) is 2.17. The summed E-state index contributed by atoms with van der Waals surface area (Å²) in [4.78, 5) is 9.86. The average molecular weight is 281 g/mol. The molecule has 0 radical (unpaired) electrons. The summed E-state index contributed by atoms with van der Waals surface area (Å²) in [6.45, 7) is 3.41. The molecule has 0 aromatic carbocycles. The predicted octanol–water partition coefficient (Wildman–Crippen LogP) is 3.27. The van der Waals surface area contributed by atoms with Gasteiger partial charge in [-0.3, -0.25) is 0 Å². The summed E-state index contributed by atoms with van der Waals surface area (Å²) in [5.41, 5.74) is 0. The molecule has 4 nitrogen and oxygen atoms in total. The molecule has 6 heteroatoms. The molecular formula is C12H15N3OS2. The molecule has 0 bridgehead atoms. The van der Waals surface area contributed by atoms with E-state index in [1.54, 1.807) is 11.3 Å². The van der Waals surface area contributed by atoms with Gasteiger partial charge in [0.15, 0.2) is 5.16 Å². The molecule has 96 valence electrons. The highest BCUT2D eigenvalue weighted by atomic mass is 32.2. The molecule has 2 rings (SSSR count). The second-order valence-corrected chi connectivity index (χ2v) is 5.28. The van der Waals surface area contributed by atoms with Gasteiger partial charge in [0, 0.05) is 17.5 Å². The minimum atomic E-state index is 0.550. The maximum atomic E-state index is 5.69. The first-order chi connectivity index (χ1) is 8.81. The van der Waals surface area contributed by atoms with Crippen LogP contribution in [0.5, 0.6) is 5.88 Å². The van der Waals surface area contributed by atoms with Crippen LogP contribution in [0, 0.1) is 0 Å². The number of ether oxygens (including phenoxy) is 1. The molecule has 0 aliphatic carbocycles. The second-order valence-electron chi connectivity index (χ2n) is 3.48. The van der Waals surface area contributed by atoms with Gasteiger partial charge in [0.2, 0.25) is 5.88 Å². The van der Waals surface area contributed by atoms with Crippen LogP contribution >= 0.6 is 23.1 Å². The van der Waals surface area contributed by atoms with Gasteiger partial charge in [-0.05, 0) is 24.6 Å². The average Bonchev–Trinajstić information content (AvgIpc) is 2.89. The summed E-state index contributed by atoms with van der Waals surface area (Å²) in [7, 11) is 0. The Morgan fingerprint density at radius 3 is 3.00 bits per heavy atom. The first-order valence-corrected chi connectivity index (χ1v) is 7.74. The quantitative estimate of drug-likeness (QED) is 0.650. The minimum absolute atomic E-state index is 0.550. The fourth-order valence-corrected chi connectivity index (χ4v) is 2.37. The Bertz CT molecular complexity index is 488. The van der Waals surface area contributed by atoms with E-state index < -0.39 is 0 Å². The molecule has 2 heterocycles. The van der Waals surface area contributed by atoms with Crippen LogP contribution in [0.3, 0.4) is 0 Å². The SMILES string of the molecule is CCNc1cc(OCc2cccs2)nc(SC)n1. The molecule has 2 aromatic rings. The summed E-state index contributed by atoms with van der Waals surface area (Å²) in [6.07, 6.45) is 1.95. The topological polar surface area (TPSA) is 47.0 Å². The lowest BCUT2D eigenvalue weighted by Gasteiger charge is -2.08. The van der Waals surface area contributed by atoms with Crippen molar-refractivity contribution in [1.82, 2.24) is 9.97 Å². The zero-order valence-corrected chi connectivity index (χ0v) is 12.0. The van der Waals surface area contributed by atoms with Crippen LogP contribution < -0.4 is 10.1 Å². The number of nitrogens with zero attached hydrogens (tertiary/aromatic N) is 2. The largest absolute Gasteiger partial charge is 0.472 e. The monoisotopic (exact) mass is 281 g/mol. The van der Waals surface area contributed by atoms with Crippen LogP contribution in [-0.4, -0.2) is 22.8 Å². The molecule has 0 saturated carbocycles. The number of anilines is 1. The van der Waals surface area contributed by atoms with Gasteiger partial charge in [0.05, 0.1) is 0 Å². The highest BCUT2D eigenvalue weighted by Crippen LogP contribution is 2.20. The number of hydrogen-bond donors (Lipinski definition) is 1. The Labute approximate surface area is 115 Å². The van der Waals surface area contributed by atoms with Crippen molar-refractivity contribution in [2.24, 2.45) is 0 Å². The van der Waals surface area contributed by atoms with Crippen LogP contribution in [0.15, 0.2) is 28.7 Å². The lowest BCUT2D eigenvalue weighted by atomic mass is 10.5. The van der Waals surface area contributed by atoms with Gasteiger partial charge in [0.25, 0.3) is 0 Å². The van der Waals surface area contributed by atoms with Crippen LogP contribution in [0.2, 0.25) is 0 Å². The van der Waals surface area contributed by atoms with Crippen LogP contribution in [-0.2, 0) is 6.61 Å². The van der Waals surface area contributed by atoms with Gasteiger partial charge in [0.1, 0.15) is 12.4 Å². The highest BCUT2D eigenvalue weighted by Gasteiger charge is 2.05. The van der Waals surface area contributed by atoms with Gasteiger partial charge in [-0.1, -0.05) is 17.8 Å². The van der Waals surface area contributed by atoms with Crippen molar-refractivity contribution in [3.63, 3.8) is 0 Å². The van der Waals surface area contributed by atoms with Gasteiger partial charge in [-0.2, -0.15) is 4.98 Å². The summed E-state index contributed by atoms with van der Waals surface area (Å²) in [5.74, 6) is 1.41. The molecule has 0 fully saturated rings. The van der Waals surface area contributed by atoms with Crippen molar-refractivity contribution in [2.45, 2.75) is 18.7 Å². The van der Waals surface area contributed by atoms with Crippen molar-refractivity contribution in [3.05, 3.63) is 28.5 Å². The number of rotatable bonds is 6. The standard InChI is InChI=1S/C12H15N3OS2/c1-3-13-10-7-11(15-12(14-10)17-2)16-8-9-5-4-6-18-9/h4-7H,3,8H2,1-2H3,(H,13,14,15). The Kier molecular flexibility index (Phi) is 4.83. The number of hydrogen-bond acceptors (Lipinski definition) is 6. The zero-order valence-electron chi connectivity index (χ0n) is 10.3. The predicted molar refractivity (Wildman–Crippen MR) is 76.6 cm³/mol. The Morgan fingerprint density at radius 2 is 2.33 bits per heavy atom. The first kappa shape index (κ1) is 13.2. The number of thioether (sulfide) groups is 1. The minimum Gasteiger partial charge on any atom is -0.472 e. The fraction of sp³-hybridized carbons (Fsp3) is 0.333. The van der Waals surface area contributed by atoms with Crippen molar-refractivity contribution in [3.8, 4) is 5.88 Å². The van der Waals surface area contributed by atoms with Crippen LogP contribution in [0.1, 0.15) is 11.8 Å². The Hall–Kier alpha value is -1.27. The molecule has 0 spiro atoms. The summed E-state index contributed by atoms with van der Waals surface area (Å²) < 4.78 is 5.69. The first-order valence-electron chi connectivity index (χ1n) is 5.64. The van der Waals surface area contributed by atoms with Crippen molar-refractivity contribution in [2.75, 3.05) is 18.1 Å². The Morgan fingerprint density at radius 1 is 1.44 bits per heavy atom. The Balaban J connectivity index is 2.08. The van der Waals surface area contributed by atoms with Crippen LogP contribution in [0.4, 0.5) is 5.82 Å². The van der Waals surface area contributed by atoms with Gasteiger partial charge >= 0.3 is 0 Å². The maximum Gasteiger partial charge on any atom is 0.219 e. The molecule has 1 N–H and O–H groups in total. The second kappa shape index (κ2) is 6.61. The number of thiophene rings is 1. The van der Waals surface area contributed by atoms with E-state index in [2.05, 4.69) is 15.3 Å². The number of nitrogens with one attached hydrogen (secondary N) is 1. The van der Waals surface area contributed by atoms with E-state index in [-0.39, 0.29) is 0 Å². The van der Waals surface area contributed by atoms with E-state index in [1.807, 2.05) is 36.8 Å². The summed E-state index contributed by atoms with van der Waals surface area (Å²) in [6, 6.07) is 5.89. The molecular weight excluding hydrogens is 266 g/mol. The normalized spacial score (nSPS) is 10.3. The maximum absolute atomic E-state index is 5.69. The zero-order chi connectivity index (χ0) is 12.8. The molecule has 18 heavy (non-hydrogen) atoms. The molecule has 0 aliphatic rings. The van der Waals surface area contributed by atoms with Gasteiger partial charge < -0.3 is 10.1 Å². The molecule has 0 unspecified atom stereocenters. The van der Waals surface area contributed by atoms with Crippen LogP contribution in [0.25, 0.3) is 0 Å². The van der Waals surface area contributed by atoms with Gasteiger partial charge in [-0.15, -0.1) is 11.3 Å². The van der Waals surface area contributed by atoms with Gasteiger partial charge in [-0.25, -0.2) is 4.98 Å². The van der Waals surface area contributed by atoms with E-state index in [4.69, 9.17) is 4.74 Å². The van der Waals surface area contributed by atoms with E-state index in [1.165, 1.54) is 16.6 Å². The third kappa shape index (κ3) is 3.61. The molecule has 0 amide bonds. The summed E-state index contributed by atoms with van der Waals surface area (Å²) in [5, 5.41) is 5.93. The van der Waals surface area contributed by atoms with E-state index in [0.29, 0.717) is 12.5 Å². The third-order valence-corrected chi connectivity index (χ3v) is 3.56.